The van der Waals surface area contributed by atoms with Crippen LogP contribution in [0.25, 0.3) is 0 Å². The fourth-order valence-corrected chi connectivity index (χ4v) is 7.00. The highest BCUT2D eigenvalue weighted by atomic mass is 16.6. The Labute approximate surface area is 376 Å². The molecule has 1 atom stereocenters. The van der Waals surface area contributed by atoms with Crippen molar-refractivity contribution in [1.82, 2.24) is 0 Å². The van der Waals surface area contributed by atoms with Crippen LogP contribution in [0.4, 0.5) is 0 Å². The molecule has 61 heavy (non-hydrogen) atoms. The Bertz CT molecular complexity index is 1160. The van der Waals surface area contributed by atoms with Gasteiger partial charge in [0.25, 0.3) is 0 Å². The minimum atomic E-state index is -0.803. The molecule has 1 unspecified atom stereocenters. The number of esters is 3. The van der Waals surface area contributed by atoms with Crippen LogP contribution in [0.3, 0.4) is 0 Å². The average molecular weight is 851 g/mol. The van der Waals surface area contributed by atoms with Crippen molar-refractivity contribution in [2.75, 3.05) is 13.2 Å². The molecule has 0 aromatic heterocycles. The highest BCUT2D eigenvalue weighted by molar-refractivity contribution is 5.71. The Morgan fingerprint density at radius 2 is 0.672 bits per heavy atom. The Kier molecular flexibility index (Phi) is 46.9. The fourth-order valence-electron chi connectivity index (χ4n) is 7.00. The maximum absolute atomic E-state index is 12.8. The van der Waals surface area contributed by atoms with Gasteiger partial charge in [-0.3, -0.25) is 14.4 Å². The molecule has 6 heteroatoms. The second kappa shape index (κ2) is 49.5. The van der Waals surface area contributed by atoms with Gasteiger partial charge < -0.3 is 14.2 Å². The normalized spacial score (nSPS) is 12.6. The van der Waals surface area contributed by atoms with Gasteiger partial charge in [-0.15, -0.1) is 0 Å². The molecular weight excluding hydrogens is 757 g/mol. The van der Waals surface area contributed by atoms with Gasteiger partial charge >= 0.3 is 17.9 Å². The Morgan fingerprint density at radius 1 is 0.344 bits per heavy atom. The Hall–Kier alpha value is -3.15. The van der Waals surface area contributed by atoms with Crippen molar-refractivity contribution in [2.45, 2.75) is 245 Å². The Balaban J connectivity index is 4.46. The maximum atomic E-state index is 12.8. The van der Waals surface area contributed by atoms with E-state index in [9.17, 15) is 14.4 Å². The molecule has 6 nitrogen and oxygen atoms in total. The van der Waals surface area contributed by atoms with Gasteiger partial charge in [0.15, 0.2) is 6.10 Å². The molecule has 0 rings (SSSR count). The molecule has 0 aliphatic heterocycles. The largest absolute Gasteiger partial charge is 0.462 e. The van der Waals surface area contributed by atoms with Crippen molar-refractivity contribution < 1.29 is 28.6 Å². The molecule has 0 fully saturated rings. The van der Waals surface area contributed by atoms with E-state index in [4.69, 9.17) is 14.2 Å². The van der Waals surface area contributed by atoms with E-state index in [2.05, 4.69) is 39.0 Å². The zero-order valence-corrected chi connectivity index (χ0v) is 39.9. The van der Waals surface area contributed by atoms with Crippen molar-refractivity contribution in [3.63, 3.8) is 0 Å². The van der Waals surface area contributed by atoms with Gasteiger partial charge in [-0.1, -0.05) is 235 Å². The third-order valence-corrected chi connectivity index (χ3v) is 10.8. The van der Waals surface area contributed by atoms with Gasteiger partial charge in [0, 0.05) is 19.3 Å². The molecule has 0 bridgehead atoms. The summed E-state index contributed by atoms with van der Waals surface area (Å²) in [6, 6.07) is 0. The van der Waals surface area contributed by atoms with Gasteiger partial charge in [-0.05, 0) is 57.8 Å². The molecule has 0 amide bonds. The third kappa shape index (κ3) is 47.7. The van der Waals surface area contributed by atoms with Gasteiger partial charge in [0.2, 0.25) is 0 Å². The van der Waals surface area contributed by atoms with Crippen molar-refractivity contribution in [3.8, 4) is 0 Å². The van der Waals surface area contributed by atoms with Crippen LogP contribution in [-0.4, -0.2) is 37.2 Å². The number of carbonyl (C=O) groups excluding carboxylic acids is 3. The monoisotopic (exact) mass is 851 g/mol. The van der Waals surface area contributed by atoms with Gasteiger partial charge in [0.05, 0.1) is 0 Å². The predicted molar refractivity (Wildman–Crippen MR) is 261 cm³/mol. The lowest BCUT2D eigenvalue weighted by atomic mass is 10.0. The topological polar surface area (TPSA) is 78.9 Å². The van der Waals surface area contributed by atoms with Crippen LogP contribution >= 0.6 is 0 Å². The van der Waals surface area contributed by atoms with E-state index in [-0.39, 0.29) is 37.5 Å². The van der Waals surface area contributed by atoms with Crippen LogP contribution in [0.5, 0.6) is 0 Å². The lowest BCUT2D eigenvalue weighted by molar-refractivity contribution is -0.167. The minimum absolute atomic E-state index is 0.0986. The fraction of sp³-hybridized carbons (Fsp3) is 0.727. The lowest BCUT2D eigenvalue weighted by Gasteiger charge is -2.18. The summed E-state index contributed by atoms with van der Waals surface area (Å²) < 4.78 is 16.7. The molecule has 0 radical (unpaired) electrons. The van der Waals surface area contributed by atoms with Crippen molar-refractivity contribution in [1.29, 1.82) is 0 Å². The van der Waals surface area contributed by atoms with Gasteiger partial charge in [0.1, 0.15) is 13.2 Å². The summed E-state index contributed by atoms with van der Waals surface area (Å²) in [6.07, 6.45) is 61.8. The van der Waals surface area contributed by atoms with E-state index in [1.165, 1.54) is 141 Å². The number of unbranched alkanes of at least 4 members (excludes halogenated alkanes) is 26. The maximum Gasteiger partial charge on any atom is 0.306 e. The number of carbonyl (C=O) groups is 3. The molecule has 0 aliphatic carbocycles. The molecule has 0 aliphatic rings. The van der Waals surface area contributed by atoms with Gasteiger partial charge in [-0.25, -0.2) is 0 Å². The number of ether oxygens (including phenoxy) is 3. The van der Waals surface area contributed by atoms with E-state index >= 15 is 0 Å². The summed E-state index contributed by atoms with van der Waals surface area (Å²) in [6.45, 7) is 6.42. The first-order chi connectivity index (χ1) is 30.0. The second-order valence-electron chi connectivity index (χ2n) is 16.8. The van der Waals surface area contributed by atoms with Gasteiger partial charge in [-0.2, -0.15) is 0 Å². The van der Waals surface area contributed by atoms with E-state index < -0.39 is 6.10 Å². The average Bonchev–Trinajstić information content (AvgIpc) is 3.26. The summed E-state index contributed by atoms with van der Waals surface area (Å²) in [5, 5.41) is 0. The third-order valence-electron chi connectivity index (χ3n) is 10.8. The van der Waals surface area contributed by atoms with Crippen molar-refractivity contribution in [3.05, 3.63) is 72.9 Å². The predicted octanol–water partition coefficient (Wildman–Crippen LogP) is 16.6. The molecule has 0 N–H and O–H groups in total. The van der Waals surface area contributed by atoms with Crippen LogP contribution in [-0.2, 0) is 28.6 Å². The summed E-state index contributed by atoms with van der Waals surface area (Å²) in [5.41, 5.74) is 0. The molecule has 0 aromatic carbocycles. The standard InChI is InChI=1S/C55H94O6/c1-4-7-10-13-16-19-22-25-27-30-33-36-39-42-45-48-54(57)60-51-52(50-59-53(56)47-44-41-38-35-32-29-24-21-18-15-12-9-6-3)61-55(58)49-46-43-40-37-34-31-28-26-23-20-17-14-11-8-5-2/h9,12,15,18-19,21-22,24,29,32,35,38,52H,4-8,10-11,13-14,16-17,20,23,25-28,30-31,33-34,36-37,39-51H2,1-3H3/b12-9-,18-15-,22-19-,24-21-,32-29-,38-35-. The highest BCUT2D eigenvalue weighted by Crippen LogP contribution is 2.15. The molecule has 0 heterocycles. The van der Waals surface area contributed by atoms with Crippen LogP contribution < -0.4 is 0 Å². The number of hydrogen-bond acceptors (Lipinski definition) is 6. The van der Waals surface area contributed by atoms with E-state index in [0.717, 1.165) is 51.4 Å². The first kappa shape index (κ1) is 57.9. The first-order valence-electron chi connectivity index (χ1n) is 25.5. The first-order valence-corrected chi connectivity index (χ1v) is 25.5. The summed E-state index contributed by atoms with van der Waals surface area (Å²) in [7, 11) is 0. The molecule has 0 aromatic rings. The van der Waals surface area contributed by atoms with E-state index in [0.29, 0.717) is 19.3 Å². The zero-order chi connectivity index (χ0) is 44.4. The minimum Gasteiger partial charge on any atom is -0.462 e. The Morgan fingerprint density at radius 3 is 1.11 bits per heavy atom. The number of rotatable bonds is 45. The van der Waals surface area contributed by atoms with Crippen molar-refractivity contribution >= 4 is 17.9 Å². The quantitative estimate of drug-likeness (QED) is 0.0200. The lowest BCUT2D eigenvalue weighted by Crippen LogP contribution is -2.30. The zero-order valence-electron chi connectivity index (χ0n) is 39.9. The SMILES string of the molecule is CC\C=C/C=C\C=C/C=C\C=C/CCCC(=O)OCC(COC(=O)CCCCCCCCC/C=C\CCCCCC)OC(=O)CCCCCCCCCCCCCCCCC. The summed E-state index contributed by atoms with van der Waals surface area (Å²) >= 11 is 0. The number of allylic oxidation sites excluding steroid dienone is 12. The van der Waals surface area contributed by atoms with E-state index in [1.54, 1.807) is 0 Å². The van der Waals surface area contributed by atoms with Crippen molar-refractivity contribution in [2.24, 2.45) is 0 Å². The molecule has 350 valence electrons. The molecule has 0 spiro atoms. The van der Waals surface area contributed by atoms with Crippen LogP contribution in [0.2, 0.25) is 0 Å². The highest BCUT2D eigenvalue weighted by Gasteiger charge is 2.19. The summed E-state index contributed by atoms with van der Waals surface area (Å²) in [5.74, 6) is -0.976. The number of hydrogen-bond donors (Lipinski definition) is 0. The van der Waals surface area contributed by atoms with Crippen LogP contribution in [0, 0.1) is 0 Å². The van der Waals surface area contributed by atoms with Crippen LogP contribution in [0.1, 0.15) is 239 Å². The summed E-state index contributed by atoms with van der Waals surface area (Å²) in [4.78, 5) is 37.9. The van der Waals surface area contributed by atoms with Crippen LogP contribution in [0.15, 0.2) is 72.9 Å². The molecule has 0 saturated heterocycles. The second-order valence-corrected chi connectivity index (χ2v) is 16.8. The molecular formula is C55H94O6. The van der Waals surface area contributed by atoms with E-state index in [1.807, 2.05) is 54.7 Å². The smallest absolute Gasteiger partial charge is 0.306 e. The molecule has 0 saturated carbocycles.